The van der Waals surface area contributed by atoms with E-state index in [1.807, 2.05) is 5.38 Å². The summed E-state index contributed by atoms with van der Waals surface area (Å²) in [6.45, 7) is 1.02. The first-order valence-electron chi connectivity index (χ1n) is 6.31. The standard InChI is InChI=1S/C12H17N3O3S/c16-11(17)7-9-3-1-2-5-15(9)12(18)14-8-10-13-4-6-19-10/h4,6,9H,1-3,5,7-8H2,(H,14,18)(H,16,17). The lowest BCUT2D eigenvalue weighted by atomic mass is 10.00. The molecular formula is C12H17N3O3S. The van der Waals surface area contributed by atoms with Crippen molar-refractivity contribution in [1.82, 2.24) is 15.2 Å². The SMILES string of the molecule is O=C(O)CC1CCCCN1C(=O)NCc1nccs1. The van der Waals surface area contributed by atoms with Crippen LogP contribution in [-0.2, 0) is 11.3 Å². The van der Waals surface area contributed by atoms with E-state index in [9.17, 15) is 9.59 Å². The first-order chi connectivity index (χ1) is 9.16. The number of carboxylic acids is 1. The zero-order valence-electron chi connectivity index (χ0n) is 10.5. The molecule has 0 bridgehead atoms. The number of piperidine rings is 1. The molecule has 1 saturated heterocycles. The molecule has 1 aliphatic heterocycles. The molecule has 2 N–H and O–H groups in total. The number of hydrogen-bond donors (Lipinski definition) is 2. The van der Waals surface area contributed by atoms with Gasteiger partial charge in [0.2, 0.25) is 0 Å². The Bertz CT molecular complexity index is 435. The van der Waals surface area contributed by atoms with E-state index in [2.05, 4.69) is 10.3 Å². The number of carbonyl (C=O) groups is 2. The number of rotatable bonds is 4. The third-order valence-electron chi connectivity index (χ3n) is 3.17. The summed E-state index contributed by atoms with van der Waals surface area (Å²) in [6.07, 6.45) is 4.39. The Morgan fingerprint density at radius 2 is 2.37 bits per heavy atom. The molecule has 0 aromatic carbocycles. The van der Waals surface area contributed by atoms with Crippen LogP contribution in [-0.4, -0.2) is 39.6 Å². The van der Waals surface area contributed by atoms with Gasteiger partial charge in [0.25, 0.3) is 0 Å². The molecule has 19 heavy (non-hydrogen) atoms. The fourth-order valence-corrected chi connectivity index (χ4v) is 2.83. The number of amides is 2. The monoisotopic (exact) mass is 283 g/mol. The first-order valence-corrected chi connectivity index (χ1v) is 7.19. The van der Waals surface area contributed by atoms with Crippen LogP contribution in [0.2, 0.25) is 0 Å². The molecule has 1 atom stereocenters. The molecule has 0 radical (unpaired) electrons. The predicted octanol–water partition coefficient (Wildman–Crippen LogP) is 1.68. The van der Waals surface area contributed by atoms with Crippen molar-refractivity contribution >= 4 is 23.3 Å². The van der Waals surface area contributed by atoms with E-state index >= 15 is 0 Å². The van der Waals surface area contributed by atoms with Crippen molar-refractivity contribution in [1.29, 1.82) is 0 Å². The fraction of sp³-hybridized carbons (Fsp3) is 0.583. The normalized spacial score (nSPS) is 19.2. The summed E-state index contributed by atoms with van der Waals surface area (Å²) in [5, 5.41) is 14.4. The molecule has 1 aliphatic rings. The third kappa shape index (κ3) is 3.92. The lowest BCUT2D eigenvalue weighted by molar-refractivity contribution is -0.138. The van der Waals surface area contributed by atoms with Gasteiger partial charge in [-0.3, -0.25) is 4.79 Å². The van der Waals surface area contributed by atoms with Gasteiger partial charge in [-0.15, -0.1) is 11.3 Å². The number of urea groups is 1. The van der Waals surface area contributed by atoms with E-state index in [4.69, 9.17) is 5.11 Å². The molecule has 1 aromatic heterocycles. The van der Waals surface area contributed by atoms with E-state index in [1.54, 1.807) is 11.1 Å². The second-order valence-electron chi connectivity index (χ2n) is 4.53. The minimum atomic E-state index is -0.857. The highest BCUT2D eigenvalue weighted by molar-refractivity contribution is 7.09. The number of nitrogens with zero attached hydrogens (tertiary/aromatic N) is 2. The maximum atomic E-state index is 12.1. The fourth-order valence-electron chi connectivity index (χ4n) is 2.27. The Hall–Kier alpha value is -1.63. The van der Waals surface area contributed by atoms with Gasteiger partial charge in [-0.2, -0.15) is 0 Å². The molecule has 1 fully saturated rings. The summed E-state index contributed by atoms with van der Waals surface area (Å²) < 4.78 is 0. The van der Waals surface area contributed by atoms with Crippen LogP contribution in [0.4, 0.5) is 4.79 Å². The van der Waals surface area contributed by atoms with Crippen LogP contribution >= 0.6 is 11.3 Å². The number of aromatic nitrogens is 1. The second kappa shape index (κ2) is 6.51. The third-order valence-corrected chi connectivity index (χ3v) is 3.95. The maximum absolute atomic E-state index is 12.1. The second-order valence-corrected chi connectivity index (χ2v) is 5.50. The summed E-state index contributed by atoms with van der Waals surface area (Å²) in [6, 6.07) is -0.385. The smallest absolute Gasteiger partial charge is 0.318 e. The summed E-state index contributed by atoms with van der Waals surface area (Å²) in [5.74, 6) is -0.857. The predicted molar refractivity (Wildman–Crippen MR) is 70.9 cm³/mol. The first kappa shape index (κ1) is 13.8. The van der Waals surface area contributed by atoms with Gasteiger partial charge < -0.3 is 15.3 Å². The van der Waals surface area contributed by atoms with Crippen LogP contribution in [0, 0.1) is 0 Å². The molecule has 6 nitrogen and oxygen atoms in total. The van der Waals surface area contributed by atoms with Gasteiger partial charge in [-0.25, -0.2) is 9.78 Å². The number of likely N-dealkylation sites (tertiary alicyclic amines) is 1. The Labute approximate surface area is 115 Å². The minimum absolute atomic E-state index is 0.0185. The van der Waals surface area contributed by atoms with E-state index < -0.39 is 5.97 Å². The molecule has 104 valence electrons. The highest BCUT2D eigenvalue weighted by Crippen LogP contribution is 2.19. The van der Waals surface area contributed by atoms with Crippen molar-refractivity contribution in [3.05, 3.63) is 16.6 Å². The summed E-state index contributed by atoms with van der Waals surface area (Å²) in [7, 11) is 0. The van der Waals surface area contributed by atoms with Crippen molar-refractivity contribution in [3.63, 3.8) is 0 Å². The van der Waals surface area contributed by atoms with Gasteiger partial charge in [0.1, 0.15) is 5.01 Å². The van der Waals surface area contributed by atoms with Gasteiger partial charge in [-0.05, 0) is 19.3 Å². The Balaban J connectivity index is 1.89. The van der Waals surface area contributed by atoms with Gasteiger partial charge in [-0.1, -0.05) is 0 Å². The Morgan fingerprint density at radius 3 is 3.05 bits per heavy atom. The minimum Gasteiger partial charge on any atom is -0.481 e. The van der Waals surface area contributed by atoms with Crippen molar-refractivity contribution in [2.45, 2.75) is 38.3 Å². The van der Waals surface area contributed by atoms with Crippen LogP contribution in [0.1, 0.15) is 30.7 Å². The number of hydrogen-bond acceptors (Lipinski definition) is 4. The quantitative estimate of drug-likeness (QED) is 0.880. The van der Waals surface area contributed by atoms with Gasteiger partial charge in [0, 0.05) is 24.2 Å². The van der Waals surface area contributed by atoms with Crippen LogP contribution in [0.3, 0.4) is 0 Å². The number of aliphatic carboxylic acids is 1. The Morgan fingerprint density at radius 1 is 1.53 bits per heavy atom. The molecule has 7 heteroatoms. The van der Waals surface area contributed by atoms with Crippen LogP contribution in [0.5, 0.6) is 0 Å². The lowest BCUT2D eigenvalue weighted by Gasteiger charge is -2.34. The van der Waals surface area contributed by atoms with E-state index in [-0.39, 0.29) is 18.5 Å². The van der Waals surface area contributed by atoms with Crippen LogP contribution in [0.15, 0.2) is 11.6 Å². The van der Waals surface area contributed by atoms with Gasteiger partial charge in [0.05, 0.1) is 13.0 Å². The van der Waals surface area contributed by atoms with Crippen molar-refractivity contribution < 1.29 is 14.7 Å². The lowest BCUT2D eigenvalue weighted by Crippen LogP contribution is -2.49. The van der Waals surface area contributed by atoms with Crippen molar-refractivity contribution in [2.75, 3.05) is 6.54 Å². The number of carbonyl (C=O) groups excluding carboxylic acids is 1. The average Bonchev–Trinajstić information content (AvgIpc) is 2.89. The van der Waals surface area contributed by atoms with Crippen molar-refractivity contribution in [2.24, 2.45) is 0 Å². The number of carboxylic acid groups (broad SMARTS) is 1. The molecule has 0 saturated carbocycles. The average molecular weight is 283 g/mol. The Kier molecular flexibility index (Phi) is 4.73. The zero-order chi connectivity index (χ0) is 13.7. The molecule has 2 heterocycles. The zero-order valence-corrected chi connectivity index (χ0v) is 11.4. The highest BCUT2D eigenvalue weighted by Gasteiger charge is 2.28. The van der Waals surface area contributed by atoms with Gasteiger partial charge >= 0.3 is 12.0 Å². The number of thiazole rings is 1. The molecule has 2 amide bonds. The molecule has 0 aliphatic carbocycles. The summed E-state index contributed by atoms with van der Waals surface area (Å²) >= 11 is 1.48. The van der Waals surface area contributed by atoms with E-state index in [0.717, 1.165) is 24.3 Å². The largest absolute Gasteiger partial charge is 0.481 e. The molecule has 1 aromatic rings. The van der Waals surface area contributed by atoms with E-state index in [1.165, 1.54) is 11.3 Å². The van der Waals surface area contributed by atoms with Gasteiger partial charge in [0.15, 0.2) is 0 Å². The summed E-state index contributed by atoms with van der Waals surface area (Å²) in [5.41, 5.74) is 0. The van der Waals surface area contributed by atoms with Crippen LogP contribution < -0.4 is 5.32 Å². The molecule has 1 unspecified atom stereocenters. The van der Waals surface area contributed by atoms with Crippen molar-refractivity contribution in [3.8, 4) is 0 Å². The molecule has 0 spiro atoms. The van der Waals surface area contributed by atoms with E-state index in [0.29, 0.717) is 13.1 Å². The highest BCUT2D eigenvalue weighted by atomic mass is 32.1. The summed E-state index contributed by atoms with van der Waals surface area (Å²) in [4.78, 5) is 28.6. The molecule has 2 rings (SSSR count). The maximum Gasteiger partial charge on any atom is 0.318 e. The molecular weight excluding hydrogens is 266 g/mol. The number of nitrogens with one attached hydrogen (secondary N) is 1. The topological polar surface area (TPSA) is 82.5 Å². The van der Waals surface area contributed by atoms with Crippen LogP contribution in [0.25, 0.3) is 0 Å².